The van der Waals surface area contributed by atoms with Gasteiger partial charge in [0.2, 0.25) is 0 Å². The molecule has 1 aliphatic rings. The average Bonchev–Trinajstić information content (AvgIpc) is 2.86. The summed E-state index contributed by atoms with van der Waals surface area (Å²) in [6.07, 6.45) is 5.37. The average molecular weight is 643 g/mol. The van der Waals surface area contributed by atoms with Crippen LogP contribution in [0.5, 0.6) is 17.2 Å². The summed E-state index contributed by atoms with van der Waals surface area (Å²) in [5.74, 6) is 0.412. The smallest absolute Gasteiger partial charge is 0.261 e. The number of nitrogens with zero attached hydrogens (tertiary/aromatic N) is 1. The maximum Gasteiger partial charge on any atom is 0.261 e. The zero-order chi connectivity index (χ0) is 26.2. The number of primary amides is 1. The summed E-state index contributed by atoms with van der Waals surface area (Å²) in [6.45, 7) is 0.227. The number of carbonyl (C=O) groups excluding carboxylic acids is 2. The summed E-state index contributed by atoms with van der Waals surface area (Å²) in [4.78, 5) is 26.4. The number of nitrogens with two attached hydrogens (primary N) is 1. The molecule has 1 fully saturated rings. The van der Waals surface area contributed by atoms with Gasteiger partial charge >= 0.3 is 0 Å². The van der Waals surface area contributed by atoms with E-state index in [-0.39, 0.29) is 18.6 Å². The van der Waals surface area contributed by atoms with Crippen LogP contribution in [0.15, 0.2) is 39.3 Å². The van der Waals surface area contributed by atoms with Gasteiger partial charge in [-0.2, -0.15) is 0 Å². The maximum atomic E-state index is 13.2. The van der Waals surface area contributed by atoms with Gasteiger partial charge in [-0.25, -0.2) is 0 Å². The molecule has 0 radical (unpaired) electrons. The molecule has 2 amide bonds. The second-order valence-electron chi connectivity index (χ2n) is 8.39. The molecule has 11 heteroatoms. The molecule has 0 aromatic heterocycles. The third-order valence-corrected chi connectivity index (χ3v) is 7.29. The highest BCUT2D eigenvalue weighted by molar-refractivity contribution is 9.11. The van der Waals surface area contributed by atoms with Gasteiger partial charge < -0.3 is 24.8 Å². The largest absolute Gasteiger partial charge is 0.495 e. The van der Waals surface area contributed by atoms with E-state index in [1.807, 2.05) is 18.2 Å². The first-order valence-corrected chi connectivity index (χ1v) is 13.5. The number of hydrogen-bond acceptors (Lipinski definition) is 6. The lowest BCUT2D eigenvalue weighted by Crippen LogP contribution is -2.48. The number of rotatable bonds is 9. The van der Waals surface area contributed by atoms with Crippen LogP contribution < -0.4 is 25.3 Å². The molecular weight excluding hydrogens is 614 g/mol. The number of thiocarbonyl (C=S) groups is 1. The van der Waals surface area contributed by atoms with Crippen LogP contribution in [0.1, 0.15) is 48.0 Å². The van der Waals surface area contributed by atoms with E-state index in [1.54, 1.807) is 12.1 Å². The van der Waals surface area contributed by atoms with Crippen LogP contribution in [0.4, 0.5) is 0 Å². The van der Waals surface area contributed by atoms with Crippen LogP contribution in [0.2, 0.25) is 0 Å². The molecule has 0 heterocycles. The number of carbonyl (C=O) groups is 2. The number of hydrogen-bond donors (Lipinski definition) is 2. The van der Waals surface area contributed by atoms with E-state index in [1.165, 1.54) is 20.6 Å². The maximum absolute atomic E-state index is 13.2. The van der Waals surface area contributed by atoms with E-state index in [0.29, 0.717) is 38.9 Å². The quantitative estimate of drug-likeness (QED) is 0.374. The van der Waals surface area contributed by atoms with Gasteiger partial charge in [-0.15, -0.1) is 0 Å². The van der Waals surface area contributed by atoms with Gasteiger partial charge in [0.15, 0.2) is 23.2 Å². The van der Waals surface area contributed by atoms with Crippen LogP contribution in [0.3, 0.4) is 0 Å². The molecule has 8 nitrogen and oxygen atoms in total. The van der Waals surface area contributed by atoms with Crippen molar-refractivity contribution in [3.63, 3.8) is 0 Å². The molecule has 1 saturated carbocycles. The predicted molar refractivity (Wildman–Crippen MR) is 149 cm³/mol. The Morgan fingerprint density at radius 3 is 2.44 bits per heavy atom. The first kappa shape index (κ1) is 28.2. The standard InChI is InChI=1S/C25H29Br2N3O5S/c1-33-21-10-15(8-9-20(21)35-14-22(28)31)13-30(17-6-4-3-5-7-17)25(36)29-24(32)18-11-16(26)12-19(27)23(18)34-2/h8-12,17H,3-7,13-14H2,1-2H3,(H2,28,31)(H,29,32,36). The van der Waals surface area contributed by atoms with E-state index >= 15 is 0 Å². The van der Waals surface area contributed by atoms with Gasteiger partial charge in [-0.05, 0) is 70.8 Å². The molecule has 3 rings (SSSR count). The summed E-state index contributed by atoms with van der Waals surface area (Å²) in [6, 6.07) is 9.16. The molecule has 0 bridgehead atoms. The number of nitrogens with one attached hydrogen (secondary N) is 1. The second-order valence-corrected chi connectivity index (χ2v) is 10.5. The third kappa shape index (κ3) is 7.33. The van der Waals surface area contributed by atoms with Crippen LogP contribution in [-0.2, 0) is 11.3 Å². The van der Waals surface area contributed by atoms with Gasteiger partial charge in [-0.1, -0.05) is 41.3 Å². The van der Waals surface area contributed by atoms with Crippen molar-refractivity contribution in [1.29, 1.82) is 0 Å². The normalized spacial score (nSPS) is 13.6. The number of ether oxygens (including phenoxy) is 3. The molecule has 0 saturated heterocycles. The Balaban J connectivity index is 1.84. The minimum Gasteiger partial charge on any atom is -0.495 e. The highest BCUT2D eigenvalue weighted by Crippen LogP contribution is 2.33. The molecule has 36 heavy (non-hydrogen) atoms. The fraction of sp³-hybridized carbons (Fsp3) is 0.400. The van der Waals surface area contributed by atoms with Gasteiger partial charge in [0.1, 0.15) is 5.75 Å². The van der Waals surface area contributed by atoms with Crippen molar-refractivity contribution in [2.45, 2.75) is 44.7 Å². The van der Waals surface area contributed by atoms with Crippen molar-refractivity contribution in [2.24, 2.45) is 5.73 Å². The zero-order valence-corrected chi connectivity index (χ0v) is 24.1. The van der Waals surface area contributed by atoms with Crippen molar-refractivity contribution in [2.75, 3.05) is 20.8 Å². The molecule has 194 valence electrons. The highest BCUT2D eigenvalue weighted by atomic mass is 79.9. The predicted octanol–water partition coefficient (Wildman–Crippen LogP) is 4.94. The van der Waals surface area contributed by atoms with Gasteiger partial charge in [0.05, 0.1) is 24.3 Å². The number of amides is 2. The molecule has 0 aliphatic heterocycles. The Morgan fingerprint density at radius 1 is 1.08 bits per heavy atom. The van der Waals surface area contributed by atoms with Gasteiger partial charge in [-0.3, -0.25) is 14.9 Å². The van der Waals surface area contributed by atoms with E-state index in [4.69, 9.17) is 32.2 Å². The lowest BCUT2D eigenvalue weighted by Gasteiger charge is -2.36. The Morgan fingerprint density at radius 2 is 1.81 bits per heavy atom. The van der Waals surface area contributed by atoms with Crippen molar-refractivity contribution in [3.05, 3.63) is 50.4 Å². The molecule has 0 unspecified atom stereocenters. The Bertz CT molecular complexity index is 1130. The number of benzene rings is 2. The molecule has 0 spiro atoms. The molecule has 2 aromatic carbocycles. The van der Waals surface area contributed by atoms with Crippen LogP contribution in [-0.4, -0.2) is 48.7 Å². The van der Waals surface area contributed by atoms with E-state index in [9.17, 15) is 9.59 Å². The minimum atomic E-state index is -0.570. The molecular formula is C25H29Br2N3O5S. The monoisotopic (exact) mass is 641 g/mol. The highest BCUT2D eigenvalue weighted by Gasteiger charge is 2.26. The van der Waals surface area contributed by atoms with Crippen molar-refractivity contribution in [1.82, 2.24) is 10.2 Å². The van der Waals surface area contributed by atoms with E-state index in [0.717, 1.165) is 35.7 Å². The first-order valence-electron chi connectivity index (χ1n) is 11.5. The summed E-state index contributed by atoms with van der Waals surface area (Å²) in [5.41, 5.74) is 6.47. The Hall–Kier alpha value is -2.37. The number of halogens is 2. The van der Waals surface area contributed by atoms with Gasteiger partial charge in [0, 0.05) is 17.1 Å². The molecule has 1 aliphatic carbocycles. The molecule has 0 atom stereocenters. The van der Waals surface area contributed by atoms with Crippen LogP contribution in [0, 0.1) is 0 Å². The lowest BCUT2D eigenvalue weighted by atomic mass is 9.94. The topological polar surface area (TPSA) is 103 Å². The van der Waals surface area contributed by atoms with E-state index in [2.05, 4.69) is 42.1 Å². The molecule has 3 N–H and O–H groups in total. The van der Waals surface area contributed by atoms with Crippen LogP contribution >= 0.6 is 44.1 Å². The second kappa shape index (κ2) is 13.3. The molecule has 2 aromatic rings. The van der Waals surface area contributed by atoms with Crippen molar-refractivity contribution < 1.29 is 23.8 Å². The summed E-state index contributed by atoms with van der Waals surface area (Å²) in [7, 11) is 3.05. The minimum absolute atomic E-state index is 0.194. The van der Waals surface area contributed by atoms with Gasteiger partial charge in [0.25, 0.3) is 11.8 Å². The van der Waals surface area contributed by atoms with Crippen molar-refractivity contribution >= 4 is 61.0 Å². The number of methoxy groups -OCH3 is 2. The fourth-order valence-electron chi connectivity index (χ4n) is 4.21. The Kier molecular flexibility index (Phi) is 10.4. The zero-order valence-electron chi connectivity index (χ0n) is 20.1. The first-order chi connectivity index (χ1) is 17.2. The Labute approximate surface area is 233 Å². The summed E-state index contributed by atoms with van der Waals surface area (Å²) < 4.78 is 17.7. The summed E-state index contributed by atoms with van der Waals surface area (Å²) in [5, 5.41) is 3.25. The lowest BCUT2D eigenvalue weighted by molar-refractivity contribution is -0.119. The third-order valence-electron chi connectivity index (χ3n) is 5.90. The SMILES string of the molecule is COc1cc(CN(C(=S)NC(=O)c2cc(Br)cc(Br)c2OC)C2CCCCC2)ccc1OCC(N)=O. The van der Waals surface area contributed by atoms with Crippen molar-refractivity contribution in [3.8, 4) is 17.2 Å². The van der Waals surface area contributed by atoms with Crippen LogP contribution in [0.25, 0.3) is 0 Å². The summed E-state index contributed by atoms with van der Waals surface area (Å²) >= 11 is 12.6. The van der Waals surface area contributed by atoms with E-state index < -0.39 is 5.91 Å². The fourth-order valence-corrected chi connectivity index (χ4v) is 5.90.